The van der Waals surface area contributed by atoms with Crippen LogP contribution in [-0.4, -0.2) is 11.5 Å². The van der Waals surface area contributed by atoms with Gasteiger partial charge in [0.1, 0.15) is 6.54 Å². The van der Waals surface area contributed by atoms with Crippen molar-refractivity contribution in [1.29, 1.82) is 0 Å². The predicted molar refractivity (Wildman–Crippen MR) is 39.2 cm³/mol. The summed E-state index contributed by atoms with van der Waals surface area (Å²) in [6.45, 7) is 3.12. The molecule has 0 aliphatic rings. The fraction of sp³-hybridized carbons (Fsp3) is 0.667. The standard InChI is InChI=1S/C6H11N2OS/c1-3-4-8-6(9-2)5-7-10-8/h5H,3-4H2,1-2H3/q+1. The van der Waals surface area contributed by atoms with Gasteiger partial charge in [0, 0.05) is 4.37 Å². The van der Waals surface area contributed by atoms with Gasteiger partial charge in [-0.15, -0.1) is 3.96 Å². The molecular formula is C6H11N2OS+. The fourth-order valence-corrected chi connectivity index (χ4v) is 1.46. The Balaban J connectivity index is 2.70. The van der Waals surface area contributed by atoms with Gasteiger partial charge in [0.2, 0.25) is 6.20 Å². The van der Waals surface area contributed by atoms with Crippen LogP contribution in [0.5, 0.6) is 5.88 Å². The number of ether oxygens (including phenoxy) is 1. The van der Waals surface area contributed by atoms with E-state index in [1.165, 1.54) is 11.7 Å². The summed E-state index contributed by atoms with van der Waals surface area (Å²) in [6, 6.07) is 0. The van der Waals surface area contributed by atoms with Gasteiger partial charge in [0.15, 0.2) is 0 Å². The summed E-state index contributed by atoms with van der Waals surface area (Å²) in [5.74, 6) is 0.854. The average molecular weight is 159 g/mol. The molecule has 1 heterocycles. The Hall–Kier alpha value is -0.640. The van der Waals surface area contributed by atoms with Crippen molar-refractivity contribution in [1.82, 2.24) is 4.37 Å². The Labute approximate surface area is 64.6 Å². The van der Waals surface area contributed by atoms with Crippen LogP contribution in [0.2, 0.25) is 0 Å². The highest BCUT2D eigenvalue weighted by Gasteiger charge is 2.10. The second-order valence-corrected chi connectivity index (χ2v) is 2.78. The van der Waals surface area contributed by atoms with E-state index in [0.29, 0.717) is 0 Å². The van der Waals surface area contributed by atoms with Crippen molar-refractivity contribution in [3.63, 3.8) is 0 Å². The van der Waals surface area contributed by atoms with Crippen LogP contribution in [-0.2, 0) is 6.54 Å². The molecule has 1 aromatic rings. The monoisotopic (exact) mass is 159 g/mol. The quantitative estimate of drug-likeness (QED) is 0.611. The van der Waals surface area contributed by atoms with Crippen LogP contribution >= 0.6 is 11.7 Å². The average Bonchev–Trinajstić information content (AvgIpc) is 2.36. The maximum atomic E-state index is 5.05. The summed E-state index contributed by atoms with van der Waals surface area (Å²) in [7, 11) is 1.66. The van der Waals surface area contributed by atoms with Gasteiger partial charge in [0.05, 0.1) is 7.11 Å². The zero-order chi connectivity index (χ0) is 7.40. The normalized spacial score (nSPS) is 9.80. The van der Waals surface area contributed by atoms with E-state index in [4.69, 9.17) is 4.74 Å². The van der Waals surface area contributed by atoms with E-state index < -0.39 is 0 Å². The lowest BCUT2D eigenvalue weighted by atomic mass is 10.5. The van der Waals surface area contributed by atoms with Crippen molar-refractivity contribution in [2.75, 3.05) is 7.11 Å². The molecule has 0 fully saturated rings. The summed E-state index contributed by atoms with van der Waals surface area (Å²) in [6.07, 6.45) is 2.85. The molecule has 0 amide bonds. The third-order valence-corrected chi connectivity index (χ3v) is 1.95. The zero-order valence-corrected chi connectivity index (χ0v) is 7.02. The molecule has 0 aromatic carbocycles. The van der Waals surface area contributed by atoms with Gasteiger partial charge in [-0.1, -0.05) is 6.92 Å². The summed E-state index contributed by atoms with van der Waals surface area (Å²) in [5.41, 5.74) is 0. The summed E-state index contributed by atoms with van der Waals surface area (Å²) < 4.78 is 11.1. The van der Waals surface area contributed by atoms with Crippen LogP contribution in [0, 0.1) is 0 Å². The van der Waals surface area contributed by atoms with Gasteiger partial charge in [-0.3, -0.25) is 0 Å². The second-order valence-electron chi connectivity index (χ2n) is 1.96. The number of nitrogens with zero attached hydrogens (tertiary/aromatic N) is 2. The molecule has 0 radical (unpaired) electrons. The third-order valence-electron chi connectivity index (χ3n) is 1.19. The van der Waals surface area contributed by atoms with Crippen molar-refractivity contribution in [2.24, 2.45) is 0 Å². The Kier molecular flexibility index (Phi) is 2.62. The van der Waals surface area contributed by atoms with E-state index in [2.05, 4.69) is 11.3 Å². The Morgan fingerprint density at radius 2 is 2.60 bits per heavy atom. The largest absolute Gasteiger partial charge is 0.462 e. The van der Waals surface area contributed by atoms with E-state index in [1.807, 2.05) is 3.96 Å². The number of methoxy groups -OCH3 is 1. The molecule has 10 heavy (non-hydrogen) atoms. The molecule has 3 nitrogen and oxygen atoms in total. The molecule has 0 unspecified atom stereocenters. The summed E-state index contributed by atoms with van der Waals surface area (Å²) in [4.78, 5) is 0. The molecule has 0 aliphatic carbocycles. The smallest absolute Gasteiger partial charge is 0.341 e. The molecule has 0 aliphatic heterocycles. The lowest BCUT2D eigenvalue weighted by molar-refractivity contribution is -0.635. The highest BCUT2D eigenvalue weighted by atomic mass is 32.1. The highest BCUT2D eigenvalue weighted by molar-refractivity contribution is 6.94. The number of hydrogen-bond acceptors (Lipinski definition) is 3. The molecular weight excluding hydrogens is 148 g/mol. The molecule has 0 saturated carbocycles. The van der Waals surface area contributed by atoms with Gasteiger partial charge in [0.25, 0.3) is 11.7 Å². The predicted octanol–water partition coefficient (Wildman–Crippen LogP) is 0.849. The lowest BCUT2D eigenvalue weighted by Gasteiger charge is -1.93. The topological polar surface area (TPSA) is 26.0 Å². The first-order valence-corrected chi connectivity index (χ1v) is 4.00. The van der Waals surface area contributed by atoms with Crippen LogP contribution in [0.15, 0.2) is 6.20 Å². The number of aromatic nitrogens is 2. The Morgan fingerprint density at radius 3 is 3.20 bits per heavy atom. The molecule has 0 spiro atoms. The molecule has 0 saturated heterocycles. The Morgan fingerprint density at radius 1 is 1.80 bits per heavy atom. The van der Waals surface area contributed by atoms with Gasteiger partial charge in [-0.25, -0.2) is 0 Å². The molecule has 0 bridgehead atoms. The van der Waals surface area contributed by atoms with Crippen molar-refractivity contribution in [3.8, 4) is 5.88 Å². The molecule has 4 heteroatoms. The van der Waals surface area contributed by atoms with Crippen LogP contribution in [0.1, 0.15) is 13.3 Å². The van der Waals surface area contributed by atoms with E-state index in [0.717, 1.165) is 18.8 Å². The lowest BCUT2D eigenvalue weighted by Crippen LogP contribution is -2.29. The first kappa shape index (κ1) is 7.47. The maximum Gasteiger partial charge on any atom is 0.341 e. The van der Waals surface area contributed by atoms with E-state index >= 15 is 0 Å². The van der Waals surface area contributed by atoms with Gasteiger partial charge in [-0.05, 0) is 6.42 Å². The second kappa shape index (κ2) is 3.51. The molecule has 56 valence electrons. The summed E-state index contributed by atoms with van der Waals surface area (Å²) >= 11 is 1.44. The minimum absolute atomic E-state index is 0.854. The molecule has 1 rings (SSSR count). The number of rotatable bonds is 3. The highest BCUT2D eigenvalue weighted by Crippen LogP contribution is 2.01. The van der Waals surface area contributed by atoms with E-state index in [1.54, 1.807) is 13.3 Å². The van der Waals surface area contributed by atoms with Crippen molar-refractivity contribution in [3.05, 3.63) is 6.20 Å². The molecule has 0 N–H and O–H groups in total. The molecule has 0 atom stereocenters. The van der Waals surface area contributed by atoms with Gasteiger partial charge >= 0.3 is 5.88 Å². The van der Waals surface area contributed by atoms with Crippen LogP contribution in [0.4, 0.5) is 0 Å². The van der Waals surface area contributed by atoms with Crippen molar-refractivity contribution in [2.45, 2.75) is 19.9 Å². The first-order chi connectivity index (χ1) is 4.88. The van der Waals surface area contributed by atoms with E-state index in [-0.39, 0.29) is 0 Å². The third kappa shape index (κ3) is 1.44. The summed E-state index contributed by atoms with van der Waals surface area (Å²) in [5, 5.41) is 0. The van der Waals surface area contributed by atoms with Gasteiger partial charge < -0.3 is 4.74 Å². The number of hydrogen-bond donors (Lipinski definition) is 0. The SMILES string of the molecule is CCC[n+]1sncc1OC. The van der Waals surface area contributed by atoms with Crippen molar-refractivity contribution < 1.29 is 8.69 Å². The van der Waals surface area contributed by atoms with Gasteiger partial charge in [-0.2, -0.15) is 0 Å². The minimum Gasteiger partial charge on any atom is -0.462 e. The fourth-order valence-electron chi connectivity index (χ4n) is 0.739. The zero-order valence-electron chi connectivity index (χ0n) is 6.20. The van der Waals surface area contributed by atoms with E-state index in [9.17, 15) is 0 Å². The maximum absolute atomic E-state index is 5.05. The first-order valence-electron chi connectivity index (χ1n) is 3.27. The van der Waals surface area contributed by atoms with Crippen LogP contribution < -0.4 is 8.69 Å². The van der Waals surface area contributed by atoms with Crippen molar-refractivity contribution >= 4 is 11.7 Å². The minimum atomic E-state index is 0.854. The molecule has 1 aromatic heterocycles. The Bertz CT molecular complexity index is 199. The van der Waals surface area contributed by atoms with Crippen LogP contribution in [0.3, 0.4) is 0 Å². The van der Waals surface area contributed by atoms with Crippen LogP contribution in [0.25, 0.3) is 0 Å². The number of aryl methyl sites for hydroxylation is 1.